The van der Waals surface area contributed by atoms with E-state index in [9.17, 15) is 18.4 Å². The summed E-state index contributed by atoms with van der Waals surface area (Å²) in [5.41, 5.74) is -0.463. The van der Waals surface area contributed by atoms with Gasteiger partial charge in [-0.05, 0) is 54.1 Å². The lowest BCUT2D eigenvalue weighted by atomic mass is 9.82. The maximum absolute atomic E-state index is 13.6. The minimum atomic E-state index is -0.916. The predicted molar refractivity (Wildman–Crippen MR) is 127 cm³/mol. The largest absolute Gasteiger partial charge is 0.449 e. The zero-order chi connectivity index (χ0) is 24.7. The minimum Gasteiger partial charge on any atom is -0.449 e. The summed E-state index contributed by atoms with van der Waals surface area (Å²) in [6.07, 6.45) is 2.91. The molecule has 3 rings (SSSR count). The van der Waals surface area contributed by atoms with Crippen LogP contribution in [0.15, 0.2) is 61.3 Å². The summed E-state index contributed by atoms with van der Waals surface area (Å²) in [5, 5.41) is 6.52. The topological polar surface area (TPSA) is 80.3 Å². The fourth-order valence-electron chi connectivity index (χ4n) is 3.39. The monoisotopic (exact) mass is 487 g/mol. The molecule has 0 bridgehead atoms. The molecule has 0 aliphatic heterocycles. The van der Waals surface area contributed by atoms with E-state index in [1.165, 1.54) is 36.5 Å². The summed E-state index contributed by atoms with van der Waals surface area (Å²) in [5.74, 6) is -1.06. The average Bonchev–Trinajstić information content (AvgIpc) is 2.79. The summed E-state index contributed by atoms with van der Waals surface area (Å²) >= 11 is 5.95. The highest BCUT2D eigenvalue weighted by atomic mass is 35.5. The summed E-state index contributed by atoms with van der Waals surface area (Å²) in [6, 6.07) is 10.2. The van der Waals surface area contributed by atoms with Crippen molar-refractivity contribution >= 4 is 40.2 Å². The van der Waals surface area contributed by atoms with Gasteiger partial charge < -0.3 is 10.1 Å². The van der Waals surface area contributed by atoms with Crippen LogP contribution in [0.25, 0.3) is 10.8 Å². The van der Waals surface area contributed by atoms with Gasteiger partial charge in [0.15, 0.2) is 0 Å². The summed E-state index contributed by atoms with van der Waals surface area (Å²) in [4.78, 5) is 29.1. The maximum atomic E-state index is 13.6. The van der Waals surface area contributed by atoms with Gasteiger partial charge in [-0.3, -0.25) is 10.1 Å². The number of nitrogens with zero attached hydrogens (tertiary/aromatic N) is 1. The van der Waals surface area contributed by atoms with Crippen LogP contribution in [0.3, 0.4) is 0 Å². The SMILES string of the molecule is C=CCC(C)(CCOC(=O)Nc1cc2cc(F)ccc2cn1)C(=O)NCc1cccc(F)c1Cl. The summed E-state index contributed by atoms with van der Waals surface area (Å²) < 4.78 is 32.3. The van der Waals surface area contributed by atoms with Crippen molar-refractivity contribution in [2.75, 3.05) is 11.9 Å². The molecule has 3 aromatic rings. The maximum Gasteiger partial charge on any atom is 0.412 e. The lowest BCUT2D eigenvalue weighted by molar-refractivity contribution is -0.131. The Balaban J connectivity index is 1.55. The van der Waals surface area contributed by atoms with Crippen LogP contribution in [-0.4, -0.2) is 23.6 Å². The molecule has 9 heteroatoms. The van der Waals surface area contributed by atoms with Crippen LogP contribution in [0.2, 0.25) is 5.02 Å². The molecule has 1 atom stereocenters. The van der Waals surface area contributed by atoms with Gasteiger partial charge >= 0.3 is 6.09 Å². The Bertz CT molecular complexity index is 1220. The first-order chi connectivity index (χ1) is 16.2. The van der Waals surface area contributed by atoms with E-state index in [0.717, 1.165) is 5.39 Å². The Morgan fingerprint density at radius 2 is 2.00 bits per heavy atom. The van der Waals surface area contributed by atoms with Gasteiger partial charge in [0.25, 0.3) is 0 Å². The third-order valence-corrected chi connectivity index (χ3v) is 5.84. The van der Waals surface area contributed by atoms with Crippen molar-refractivity contribution in [3.63, 3.8) is 0 Å². The van der Waals surface area contributed by atoms with Gasteiger partial charge in [0.1, 0.15) is 17.5 Å². The van der Waals surface area contributed by atoms with Gasteiger partial charge in [-0.2, -0.15) is 0 Å². The van der Waals surface area contributed by atoms with E-state index in [-0.39, 0.29) is 36.3 Å². The Labute approximate surface area is 201 Å². The molecule has 0 fully saturated rings. The van der Waals surface area contributed by atoms with Crippen LogP contribution in [0, 0.1) is 17.0 Å². The van der Waals surface area contributed by atoms with Crippen molar-refractivity contribution in [2.24, 2.45) is 5.41 Å². The number of aromatic nitrogens is 1. The van der Waals surface area contributed by atoms with Crippen molar-refractivity contribution in [3.05, 3.63) is 83.5 Å². The van der Waals surface area contributed by atoms with Crippen LogP contribution in [-0.2, 0) is 16.1 Å². The van der Waals surface area contributed by atoms with E-state index in [1.54, 1.807) is 25.1 Å². The molecule has 178 valence electrons. The molecule has 1 aromatic heterocycles. The third-order valence-electron chi connectivity index (χ3n) is 5.41. The van der Waals surface area contributed by atoms with Gasteiger partial charge in [0, 0.05) is 18.1 Å². The highest BCUT2D eigenvalue weighted by Gasteiger charge is 2.32. The van der Waals surface area contributed by atoms with Crippen LogP contribution in [0.5, 0.6) is 0 Å². The lowest BCUT2D eigenvalue weighted by Crippen LogP contribution is -2.39. The van der Waals surface area contributed by atoms with Gasteiger partial charge in [-0.25, -0.2) is 18.6 Å². The van der Waals surface area contributed by atoms with Gasteiger partial charge in [-0.15, -0.1) is 6.58 Å². The van der Waals surface area contributed by atoms with Crippen LogP contribution in [0.1, 0.15) is 25.3 Å². The number of rotatable bonds is 9. The van der Waals surface area contributed by atoms with E-state index < -0.39 is 23.1 Å². The number of carbonyl (C=O) groups excluding carboxylic acids is 2. The number of benzene rings is 2. The molecule has 0 saturated carbocycles. The van der Waals surface area contributed by atoms with Crippen molar-refractivity contribution in [1.29, 1.82) is 0 Å². The highest BCUT2D eigenvalue weighted by molar-refractivity contribution is 6.31. The first kappa shape index (κ1) is 25.1. The molecule has 34 heavy (non-hydrogen) atoms. The van der Waals surface area contributed by atoms with Crippen LogP contribution >= 0.6 is 11.6 Å². The normalized spacial score (nSPS) is 12.6. The van der Waals surface area contributed by atoms with E-state index >= 15 is 0 Å². The number of hydrogen-bond acceptors (Lipinski definition) is 4. The zero-order valence-electron chi connectivity index (χ0n) is 18.5. The van der Waals surface area contributed by atoms with Gasteiger partial charge in [0.05, 0.1) is 17.0 Å². The van der Waals surface area contributed by atoms with E-state index in [0.29, 0.717) is 17.4 Å². The van der Waals surface area contributed by atoms with Crippen LogP contribution in [0.4, 0.5) is 19.4 Å². The molecule has 2 N–H and O–H groups in total. The van der Waals surface area contributed by atoms with Gasteiger partial charge in [0.2, 0.25) is 5.91 Å². The molecular formula is C25H24ClF2N3O3. The molecule has 2 amide bonds. The Morgan fingerprint density at radius 3 is 2.76 bits per heavy atom. The Morgan fingerprint density at radius 1 is 1.21 bits per heavy atom. The van der Waals surface area contributed by atoms with E-state index in [4.69, 9.17) is 16.3 Å². The summed E-state index contributed by atoms with van der Waals surface area (Å²) in [7, 11) is 0. The number of ether oxygens (including phenoxy) is 1. The highest BCUT2D eigenvalue weighted by Crippen LogP contribution is 2.28. The molecule has 0 aliphatic rings. The first-order valence-corrected chi connectivity index (χ1v) is 10.9. The smallest absolute Gasteiger partial charge is 0.412 e. The molecule has 1 unspecified atom stereocenters. The number of anilines is 1. The molecule has 6 nitrogen and oxygen atoms in total. The minimum absolute atomic E-state index is 0.0433. The number of amides is 2. The van der Waals surface area contributed by atoms with E-state index in [1.807, 2.05) is 0 Å². The number of halogens is 3. The van der Waals surface area contributed by atoms with Crippen molar-refractivity contribution in [3.8, 4) is 0 Å². The zero-order valence-corrected chi connectivity index (χ0v) is 19.3. The Hall–Kier alpha value is -3.52. The molecule has 1 heterocycles. The van der Waals surface area contributed by atoms with Crippen molar-refractivity contribution in [2.45, 2.75) is 26.3 Å². The van der Waals surface area contributed by atoms with Crippen LogP contribution < -0.4 is 10.6 Å². The third kappa shape index (κ3) is 6.29. The quantitative estimate of drug-likeness (QED) is 0.362. The lowest BCUT2D eigenvalue weighted by Gasteiger charge is -2.27. The second-order valence-electron chi connectivity index (χ2n) is 8.02. The molecular weight excluding hydrogens is 464 g/mol. The molecule has 0 spiro atoms. The Kier molecular flexibility index (Phi) is 8.17. The second kappa shape index (κ2) is 11.1. The fraction of sp³-hybridized carbons (Fsp3) is 0.240. The molecule has 2 aromatic carbocycles. The molecule has 0 radical (unpaired) electrons. The number of nitrogens with one attached hydrogen (secondary N) is 2. The number of pyridine rings is 1. The average molecular weight is 488 g/mol. The molecule has 0 aliphatic carbocycles. The number of carbonyl (C=O) groups is 2. The fourth-order valence-corrected chi connectivity index (χ4v) is 3.58. The van der Waals surface area contributed by atoms with E-state index in [2.05, 4.69) is 22.2 Å². The second-order valence-corrected chi connectivity index (χ2v) is 8.40. The van der Waals surface area contributed by atoms with Crippen molar-refractivity contribution < 1.29 is 23.1 Å². The molecule has 0 saturated heterocycles. The number of allylic oxidation sites excluding steroid dienone is 1. The first-order valence-electron chi connectivity index (χ1n) is 10.5. The standard InChI is InChI=1S/C25H24ClF2N3O3/c1-3-9-25(2,23(32)30-15-17-5-4-6-20(28)22(17)26)10-11-34-24(33)31-21-13-18-12-19(27)8-7-16(18)14-29-21/h3-8,12-14H,1,9-11,15H2,2H3,(H,30,32)(H,29,31,33). The number of fused-ring (bicyclic) bond motifs is 1. The van der Waals surface area contributed by atoms with Crippen molar-refractivity contribution in [1.82, 2.24) is 10.3 Å². The number of hydrogen-bond donors (Lipinski definition) is 2. The predicted octanol–water partition coefficient (Wildman–Crippen LogP) is 6.00. The van der Waals surface area contributed by atoms with Gasteiger partial charge in [-0.1, -0.05) is 36.7 Å². The summed E-state index contributed by atoms with van der Waals surface area (Å²) in [6.45, 7) is 5.42.